The number of ether oxygens (including phenoxy) is 1. The number of Topliss-reactive ketones (excluding diaryl/α,β-unsaturated/α-hetero) is 1. The summed E-state index contributed by atoms with van der Waals surface area (Å²) in [5, 5.41) is 11.6. The molecule has 1 amide bonds. The molecule has 0 aliphatic carbocycles. The van der Waals surface area contributed by atoms with E-state index in [0.29, 0.717) is 17.0 Å². The predicted octanol–water partition coefficient (Wildman–Crippen LogP) is 5.99. The van der Waals surface area contributed by atoms with Crippen LogP contribution in [0.3, 0.4) is 0 Å². The van der Waals surface area contributed by atoms with E-state index < -0.39 is 17.7 Å². The Morgan fingerprint density at radius 2 is 1.62 bits per heavy atom. The predicted molar refractivity (Wildman–Crippen MR) is 148 cm³/mol. The van der Waals surface area contributed by atoms with Gasteiger partial charge in [-0.15, -0.1) is 0 Å². The van der Waals surface area contributed by atoms with Gasteiger partial charge in [0.15, 0.2) is 0 Å². The molecule has 6 heteroatoms. The Bertz CT molecular complexity index is 1380. The lowest BCUT2D eigenvalue weighted by molar-refractivity contribution is -0.132. The second kappa shape index (κ2) is 9.77. The number of aliphatic hydroxyl groups excluding tert-OH is 1. The van der Waals surface area contributed by atoms with E-state index in [1.165, 1.54) is 4.90 Å². The molecule has 1 aliphatic rings. The number of ketones is 1. The molecule has 0 bridgehead atoms. The molecule has 0 radical (unpaired) electrons. The van der Waals surface area contributed by atoms with E-state index in [1.807, 2.05) is 80.5 Å². The number of aryl methyl sites for hydroxylation is 1. The van der Waals surface area contributed by atoms with Gasteiger partial charge in [-0.05, 0) is 59.9 Å². The first-order chi connectivity index (χ1) is 17.5. The van der Waals surface area contributed by atoms with Crippen molar-refractivity contribution in [1.29, 1.82) is 0 Å². The van der Waals surface area contributed by atoms with Crippen molar-refractivity contribution >= 4 is 28.8 Å². The summed E-state index contributed by atoms with van der Waals surface area (Å²) in [5.41, 5.74) is 4.37. The van der Waals surface area contributed by atoms with Gasteiger partial charge >= 0.3 is 0 Å². The zero-order valence-corrected chi connectivity index (χ0v) is 22.5. The summed E-state index contributed by atoms with van der Waals surface area (Å²) in [4.78, 5) is 30.5. The maximum atomic E-state index is 13.5. The van der Waals surface area contributed by atoms with E-state index in [9.17, 15) is 14.7 Å². The van der Waals surface area contributed by atoms with E-state index in [4.69, 9.17) is 4.74 Å². The molecule has 1 heterocycles. The second-order valence-corrected chi connectivity index (χ2v) is 10.6. The van der Waals surface area contributed by atoms with Gasteiger partial charge in [-0.1, -0.05) is 51.1 Å². The molecule has 1 atom stereocenters. The molecule has 0 aromatic heterocycles. The molecule has 1 saturated heterocycles. The highest BCUT2D eigenvalue weighted by Crippen LogP contribution is 2.44. The molecule has 1 fully saturated rings. The number of carbonyl (C=O) groups excluding carboxylic acids is 2. The Morgan fingerprint density at radius 3 is 2.19 bits per heavy atom. The van der Waals surface area contributed by atoms with Gasteiger partial charge in [-0.3, -0.25) is 14.5 Å². The number of rotatable bonds is 5. The minimum absolute atomic E-state index is 0.0656. The van der Waals surface area contributed by atoms with Gasteiger partial charge in [0.1, 0.15) is 11.5 Å². The maximum Gasteiger partial charge on any atom is 0.300 e. The van der Waals surface area contributed by atoms with Crippen LogP contribution in [0, 0.1) is 6.92 Å². The lowest BCUT2D eigenvalue weighted by Crippen LogP contribution is -2.30. The zero-order valence-electron chi connectivity index (χ0n) is 22.5. The van der Waals surface area contributed by atoms with Crippen LogP contribution in [0.5, 0.6) is 5.75 Å². The van der Waals surface area contributed by atoms with Crippen LogP contribution >= 0.6 is 0 Å². The molecular formula is C31H34N2O4. The van der Waals surface area contributed by atoms with Crippen LogP contribution in [-0.2, 0) is 15.0 Å². The highest BCUT2D eigenvalue weighted by atomic mass is 16.5. The molecule has 6 nitrogen and oxygen atoms in total. The third-order valence-electron chi connectivity index (χ3n) is 6.83. The molecule has 1 unspecified atom stereocenters. The summed E-state index contributed by atoms with van der Waals surface area (Å²) in [6, 6.07) is 19.7. The quantitative estimate of drug-likeness (QED) is 0.266. The van der Waals surface area contributed by atoms with Gasteiger partial charge in [0.05, 0.1) is 18.7 Å². The summed E-state index contributed by atoms with van der Waals surface area (Å²) >= 11 is 0. The van der Waals surface area contributed by atoms with E-state index >= 15 is 0 Å². The monoisotopic (exact) mass is 498 g/mol. The van der Waals surface area contributed by atoms with Crippen LogP contribution in [0.1, 0.15) is 49.1 Å². The highest BCUT2D eigenvalue weighted by molar-refractivity contribution is 6.51. The third-order valence-corrected chi connectivity index (χ3v) is 6.83. The van der Waals surface area contributed by atoms with Crippen molar-refractivity contribution in [3.05, 3.63) is 94.6 Å². The average Bonchev–Trinajstić information content (AvgIpc) is 3.13. The number of anilines is 2. The minimum Gasteiger partial charge on any atom is -0.507 e. The van der Waals surface area contributed by atoms with E-state index in [2.05, 4.69) is 20.8 Å². The van der Waals surface area contributed by atoms with Crippen molar-refractivity contribution in [3.63, 3.8) is 0 Å². The summed E-state index contributed by atoms with van der Waals surface area (Å²) in [6.07, 6.45) is 0. The van der Waals surface area contributed by atoms with Crippen molar-refractivity contribution < 1.29 is 19.4 Å². The topological polar surface area (TPSA) is 70.1 Å². The molecule has 4 rings (SSSR count). The molecule has 37 heavy (non-hydrogen) atoms. The lowest BCUT2D eigenvalue weighted by Gasteiger charge is -2.27. The Labute approximate surface area is 218 Å². The number of methoxy groups -OCH3 is 1. The molecule has 3 aromatic rings. The van der Waals surface area contributed by atoms with Crippen LogP contribution in [0.15, 0.2) is 72.3 Å². The normalized spacial score (nSPS) is 17.3. The molecular weight excluding hydrogens is 464 g/mol. The second-order valence-electron chi connectivity index (χ2n) is 10.6. The van der Waals surface area contributed by atoms with Gasteiger partial charge in [-0.25, -0.2) is 0 Å². The van der Waals surface area contributed by atoms with Crippen molar-refractivity contribution in [2.75, 3.05) is 31.0 Å². The summed E-state index contributed by atoms with van der Waals surface area (Å²) in [5.74, 6) is -0.887. The van der Waals surface area contributed by atoms with Crippen molar-refractivity contribution in [1.82, 2.24) is 0 Å². The molecule has 1 aliphatic heterocycles. The third kappa shape index (κ3) is 4.71. The fourth-order valence-corrected chi connectivity index (χ4v) is 4.78. The van der Waals surface area contributed by atoms with Gasteiger partial charge in [0.25, 0.3) is 11.7 Å². The molecule has 3 aromatic carbocycles. The Kier molecular flexibility index (Phi) is 6.87. The van der Waals surface area contributed by atoms with Gasteiger partial charge in [0.2, 0.25) is 0 Å². The number of aliphatic hydroxyl groups is 1. The van der Waals surface area contributed by atoms with Gasteiger partial charge in [-0.2, -0.15) is 0 Å². The number of carbonyl (C=O) groups is 2. The minimum atomic E-state index is -0.780. The SMILES string of the molecule is COc1ccc(/C(O)=C2/C(=O)C(=O)N(c3ccccc3C)C2c2ccc(N(C)C)cc2)cc1C(C)(C)C. The number of hydrogen-bond donors (Lipinski definition) is 1. The largest absolute Gasteiger partial charge is 0.507 e. The summed E-state index contributed by atoms with van der Waals surface area (Å²) in [6.45, 7) is 8.06. The Morgan fingerprint density at radius 1 is 0.973 bits per heavy atom. The Hall–Kier alpha value is -4.06. The number of benzene rings is 3. The molecule has 0 saturated carbocycles. The molecule has 0 spiro atoms. The van der Waals surface area contributed by atoms with Crippen LogP contribution in [0.4, 0.5) is 11.4 Å². The van der Waals surface area contributed by atoms with E-state index in [1.54, 1.807) is 19.2 Å². The van der Waals surface area contributed by atoms with Crippen molar-refractivity contribution in [3.8, 4) is 5.75 Å². The summed E-state index contributed by atoms with van der Waals surface area (Å²) in [7, 11) is 5.50. The number of amides is 1. The van der Waals surface area contributed by atoms with Crippen molar-refractivity contribution in [2.45, 2.75) is 39.2 Å². The number of hydrogen-bond acceptors (Lipinski definition) is 5. The van der Waals surface area contributed by atoms with Crippen LogP contribution in [0.2, 0.25) is 0 Å². The van der Waals surface area contributed by atoms with E-state index in [-0.39, 0.29) is 16.7 Å². The Balaban J connectivity index is 1.97. The van der Waals surface area contributed by atoms with Crippen LogP contribution in [-0.4, -0.2) is 38.0 Å². The molecule has 1 N–H and O–H groups in total. The van der Waals surface area contributed by atoms with E-state index in [0.717, 1.165) is 22.4 Å². The first kappa shape index (κ1) is 26.0. The summed E-state index contributed by atoms with van der Waals surface area (Å²) < 4.78 is 5.55. The number of nitrogens with zero attached hydrogens (tertiary/aromatic N) is 2. The van der Waals surface area contributed by atoms with Crippen LogP contribution in [0.25, 0.3) is 5.76 Å². The van der Waals surface area contributed by atoms with Crippen LogP contribution < -0.4 is 14.5 Å². The first-order valence-electron chi connectivity index (χ1n) is 12.3. The zero-order chi connectivity index (χ0) is 27.1. The smallest absolute Gasteiger partial charge is 0.300 e. The fourth-order valence-electron chi connectivity index (χ4n) is 4.78. The maximum absolute atomic E-state index is 13.5. The van der Waals surface area contributed by atoms with Gasteiger partial charge in [0, 0.05) is 36.6 Å². The highest BCUT2D eigenvalue weighted by Gasteiger charge is 2.47. The number of para-hydroxylation sites is 1. The standard InChI is InChI=1S/C31H34N2O4/c1-19-10-8-9-11-24(19)33-27(20-12-15-22(16-13-20)32(5)6)26(29(35)30(33)36)28(34)21-14-17-25(37-7)23(18-21)31(2,3)4/h8-18,27,34H,1-7H3/b28-26-. The van der Waals surface area contributed by atoms with Crippen molar-refractivity contribution in [2.24, 2.45) is 0 Å². The van der Waals surface area contributed by atoms with Gasteiger partial charge < -0.3 is 14.7 Å². The average molecular weight is 499 g/mol. The fraction of sp³-hybridized carbons (Fsp3) is 0.290. The first-order valence-corrected chi connectivity index (χ1v) is 12.3. The molecule has 192 valence electrons. The lowest BCUT2D eigenvalue weighted by atomic mass is 9.84.